The van der Waals surface area contributed by atoms with Gasteiger partial charge in [0.05, 0.1) is 7.11 Å². The van der Waals surface area contributed by atoms with Crippen molar-refractivity contribution in [3.63, 3.8) is 0 Å². The van der Waals surface area contributed by atoms with Crippen molar-refractivity contribution in [2.75, 3.05) is 7.11 Å². The fourth-order valence-corrected chi connectivity index (χ4v) is 2.14. The van der Waals surface area contributed by atoms with Crippen LogP contribution in [0.15, 0.2) is 30.3 Å². The minimum absolute atomic E-state index is 0.232. The molecule has 132 valence electrons. The summed E-state index contributed by atoms with van der Waals surface area (Å²) in [5.74, 6) is -10.1. The number of thiocarbonyl (C=S) groups is 1. The average Bonchev–Trinajstić information content (AvgIpc) is 2.60. The molecular formula is C16H12F4N2O2S. The average molecular weight is 372 g/mol. The van der Waals surface area contributed by atoms with Crippen LogP contribution in [0.1, 0.15) is 15.9 Å². The molecule has 2 rings (SSSR count). The molecule has 0 spiro atoms. The summed E-state index contributed by atoms with van der Waals surface area (Å²) in [6.45, 7) is 0.232. The molecule has 1 amide bonds. The van der Waals surface area contributed by atoms with Crippen molar-refractivity contribution >= 4 is 23.2 Å². The van der Waals surface area contributed by atoms with E-state index in [9.17, 15) is 22.4 Å². The van der Waals surface area contributed by atoms with Crippen molar-refractivity contribution in [2.45, 2.75) is 6.54 Å². The second-order valence-electron chi connectivity index (χ2n) is 4.79. The summed E-state index contributed by atoms with van der Waals surface area (Å²) in [7, 11) is 0.836. The lowest BCUT2D eigenvalue weighted by Gasteiger charge is -2.12. The zero-order valence-corrected chi connectivity index (χ0v) is 13.6. The molecule has 0 aliphatic carbocycles. The van der Waals surface area contributed by atoms with Crippen LogP contribution in [0.5, 0.6) is 5.75 Å². The number of hydrogen-bond donors (Lipinski definition) is 2. The Balaban J connectivity index is 2.14. The van der Waals surface area contributed by atoms with Gasteiger partial charge in [-0.25, -0.2) is 8.78 Å². The zero-order valence-electron chi connectivity index (χ0n) is 12.8. The summed E-state index contributed by atoms with van der Waals surface area (Å²) in [6.07, 6.45) is 0. The molecule has 2 aromatic rings. The highest BCUT2D eigenvalue weighted by Gasteiger charge is 2.30. The number of methoxy groups -OCH3 is 1. The molecule has 0 fully saturated rings. The summed E-state index contributed by atoms with van der Waals surface area (Å²) in [6, 6.07) is 8.94. The third-order valence-corrected chi connectivity index (χ3v) is 3.42. The van der Waals surface area contributed by atoms with E-state index in [1.54, 1.807) is 24.3 Å². The Kier molecular flexibility index (Phi) is 5.92. The van der Waals surface area contributed by atoms with Gasteiger partial charge >= 0.3 is 0 Å². The van der Waals surface area contributed by atoms with Gasteiger partial charge in [-0.3, -0.25) is 10.1 Å². The molecule has 0 aromatic heterocycles. The Hall–Kier alpha value is -2.68. The summed E-state index contributed by atoms with van der Waals surface area (Å²) in [5.41, 5.74) is -0.599. The van der Waals surface area contributed by atoms with Crippen molar-refractivity contribution in [1.82, 2.24) is 10.6 Å². The predicted molar refractivity (Wildman–Crippen MR) is 86.2 cm³/mol. The molecule has 0 heterocycles. The lowest BCUT2D eigenvalue weighted by Crippen LogP contribution is -2.39. The Bertz CT molecular complexity index is 787. The third-order valence-electron chi connectivity index (χ3n) is 3.18. The zero-order chi connectivity index (χ0) is 18.6. The van der Waals surface area contributed by atoms with Crippen molar-refractivity contribution < 1.29 is 27.1 Å². The van der Waals surface area contributed by atoms with Crippen LogP contribution in [0.2, 0.25) is 0 Å². The molecule has 0 aliphatic rings. The van der Waals surface area contributed by atoms with E-state index in [4.69, 9.17) is 12.2 Å². The number of ether oxygens (including phenoxy) is 1. The van der Waals surface area contributed by atoms with Crippen molar-refractivity contribution in [1.29, 1.82) is 0 Å². The molecule has 25 heavy (non-hydrogen) atoms. The molecule has 0 bridgehead atoms. The van der Waals surface area contributed by atoms with Gasteiger partial charge in [0.15, 0.2) is 22.5 Å². The molecule has 0 unspecified atom stereocenters. The molecule has 0 aliphatic heterocycles. The van der Waals surface area contributed by atoms with Gasteiger partial charge in [-0.05, 0) is 17.8 Å². The van der Waals surface area contributed by atoms with Crippen molar-refractivity contribution in [3.8, 4) is 5.75 Å². The van der Waals surface area contributed by atoms with Crippen molar-refractivity contribution in [3.05, 3.63) is 64.7 Å². The van der Waals surface area contributed by atoms with Crippen LogP contribution in [0.3, 0.4) is 0 Å². The highest BCUT2D eigenvalue weighted by Crippen LogP contribution is 2.29. The number of hydrogen-bond acceptors (Lipinski definition) is 3. The van der Waals surface area contributed by atoms with E-state index in [-0.39, 0.29) is 11.7 Å². The van der Waals surface area contributed by atoms with Gasteiger partial charge < -0.3 is 10.1 Å². The number of benzene rings is 2. The number of rotatable bonds is 4. The topological polar surface area (TPSA) is 50.4 Å². The van der Waals surface area contributed by atoms with Crippen LogP contribution in [0.25, 0.3) is 0 Å². The number of halogens is 4. The smallest absolute Gasteiger partial charge is 0.263 e. The Morgan fingerprint density at radius 3 is 2.12 bits per heavy atom. The van der Waals surface area contributed by atoms with E-state index >= 15 is 0 Å². The molecule has 9 heteroatoms. The maximum absolute atomic E-state index is 13.9. The minimum Gasteiger partial charge on any atom is -0.491 e. The number of amides is 1. The fraction of sp³-hybridized carbons (Fsp3) is 0.125. The normalized spacial score (nSPS) is 10.3. The first-order chi connectivity index (χ1) is 11.9. The standard InChI is InChI=1S/C16H12F4N2O2S/c1-24-14-12(19)10(17)9(11(18)13(14)20)15(23)22-16(25)21-7-8-5-3-2-4-6-8/h2-6H,7H2,1H3,(H2,21,22,23,25). The van der Waals surface area contributed by atoms with Gasteiger partial charge in [0.25, 0.3) is 5.91 Å². The van der Waals surface area contributed by atoms with Crippen LogP contribution >= 0.6 is 12.2 Å². The largest absolute Gasteiger partial charge is 0.491 e. The van der Waals surface area contributed by atoms with Crippen LogP contribution in [0, 0.1) is 23.3 Å². The van der Waals surface area contributed by atoms with Gasteiger partial charge in [0.2, 0.25) is 11.6 Å². The second-order valence-corrected chi connectivity index (χ2v) is 5.19. The van der Waals surface area contributed by atoms with E-state index in [2.05, 4.69) is 10.1 Å². The Labute approximate surface area is 145 Å². The lowest BCUT2D eigenvalue weighted by atomic mass is 10.1. The third kappa shape index (κ3) is 4.05. The van der Waals surface area contributed by atoms with Gasteiger partial charge in [0.1, 0.15) is 5.56 Å². The molecule has 0 saturated heterocycles. The highest BCUT2D eigenvalue weighted by molar-refractivity contribution is 7.80. The number of carbonyl (C=O) groups is 1. The van der Waals surface area contributed by atoms with Crippen LogP contribution in [0.4, 0.5) is 17.6 Å². The predicted octanol–water partition coefficient (Wildman–Crippen LogP) is 3.06. The first-order valence-electron chi connectivity index (χ1n) is 6.89. The van der Waals surface area contributed by atoms with Crippen LogP contribution in [-0.4, -0.2) is 18.1 Å². The van der Waals surface area contributed by atoms with E-state index in [1.807, 2.05) is 11.4 Å². The van der Waals surface area contributed by atoms with Gasteiger partial charge in [-0.1, -0.05) is 30.3 Å². The first kappa shape index (κ1) is 18.7. The number of carbonyl (C=O) groups excluding carboxylic acids is 1. The van der Waals surface area contributed by atoms with E-state index in [0.717, 1.165) is 12.7 Å². The van der Waals surface area contributed by atoms with Gasteiger partial charge in [-0.15, -0.1) is 0 Å². The summed E-state index contributed by atoms with van der Waals surface area (Å²) >= 11 is 4.83. The number of nitrogens with one attached hydrogen (secondary N) is 2. The van der Waals surface area contributed by atoms with E-state index < -0.39 is 40.5 Å². The first-order valence-corrected chi connectivity index (χ1v) is 7.30. The van der Waals surface area contributed by atoms with Crippen LogP contribution in [-0.2, 0) is 6.54 Å². The molecule has 0 atom stereocenters. The lowest BCUT2D eigenvalue weighted by molar-refractivity contribution is 0.0965. The van der Waals surface area contributed by atoms with Gasteiger partial charge in [0, 0.05) is 6.54 Å². The fourth-order valence-electron chi connectivity index (χ4n) is 1.98. The molecule has 0 radical (unpaired) electrons. The minimum atomic E-state index is -1.88. The molecular weight excluding hydrogens is 360 g/mol. The molecule has 0 saturated carbocycles. The summed E-state index contributed by atoms with van der Waals surface area (Å²) in [4.78, 5) is 11.9. The van der Waals surface area contributed by atoms with E-state index in [1.165, 1.54) is 0 Å². The Morgan fingerprint density at radius 1 is 1.04 bits per heavy atom. The monoisotopic (exact) mass is 372 g/mol. The quantitative estimate of drug-likeness (QED) is 0.492. The van der Waals surface area contributed by atoms with Crippen LogP contribution < -0.4 is 15.4 Å². The molecule has 4 nitrogen and oxygen atoms in total. The second kappa shape index (κ2) is 7.93. The van der Waals surface area contributed by atoms with E-state index in [0.29, 0.717) is 0 Å². The highest BCUT2D eigenvalue weighted by atomic mass is 32.1. The maximum Gasteiger partial charge on any atom is 0.263 e. The molecule has 2 N–H and O–H groups in total. The maximum atomic E-state index is 13.9. The molecule has 2 aromatic carbocycles. The summed E-state index contributed by atoms with van der Waals surface area (Å²) < 4.78 is 59.2. The van der Waals surface area contributed by atoms with Crippen molar-refractivity contribution in [2.24, 2.45) is 0 Å². The SMILES string of the molecule is COc1c(F)c(F)c(C(=O)NC(=S)NCc2ccccc2)c(F)c1F. The van der Waals surface area contributed by atoms with Gasteiger partial charge in [-0.2, -0.15) is 8.78 Å². The summed E-state index contributed by atoms with van der Waals surface area (Å²) in [5, 5.41) is 4.34. The Morgan fingerprint density at radius 2 is 1.60 bits per heavy atom.